The van der Waals surface area contributed by atoms with E-state index in [1.165, 1.54) is 23.3 Å². The maximum Gasteiger partial charge on any atom is 0.126 e. The molecule has 2 aromatic rings. The predicted octanol–water partition coefficient (Wildman–Crippen LogP) is 6.38. The van der Waals surface area contributed by atoms with Crippen LogP contribution in [0, 0.1) is 25.5 Å². The second-order valence-electron chi connectivity index (χ2n) is 5.11. The van der Waals surface area contributed by atoms with Gasteiger partial charge in [0.15, 0.2) is 0 Å². The Morgan fingerprint density at radius 1 is 0.792 bits per heavy atom. The lowest BCUT2D eigenvalue weighted by Gasteiger charge is -2.11. The molecular weight excluding hydrogens is 304 g/mol. The van der Waals surface area contributed by atoms with E-state index in [0.29, 0.717) is 5.56 Å². The van der Waals surface area contributed by atoms with Gasteiger partial charge in [-0.2, -0.15) is 0 Å². The molecule has 0 amide bonds. The van der Waals surface area contributed by atoms with E-state index in [1.807, 2.05) is 27.7 Å². The lowest BCUT2D eigenvalue weighted by atomic mass is 10.1. The maximum atomic E-state index is 12.2. The van der Waals surface area contributed by atoms with Crippen molar-refractivity contribution in [1.82, 2.24) is 4.90 Å². The van der Waals surface area contributed by atoms with Crippen LogP contribution in [0.5, 0.6) is 0 Å². The molecule has 1 nitrogen and oxygen atoms in total. The summed E-state index contributed by atoms with van der Waals surface area (Å²) in [6, 6.07) is 11.9. The van der Waals surface area contributed by atoms with Gasteiger partial charge in [0, 0.05) is 12.6 Å². The van der Waals surface area contributed by atoms with Gasteiger partial charge < -0.3 is 4.90 Å². The normalized spacial score (nSPS) is 8.96. The van der Waals surface area contributed by atoms with Crippen molar-refractivity contribution in [3.05, 3.63) is 70.8 Å². The highest BCUT2D eigenvalue weighted by molar-refractivity contribution is 5.25. The van der Waals surface area contributed by atoms with E-state index in [-0.39, 0.29) is 0 Å². The van der Waals surface area contributed by atoms with E-state index in [1.54, 1.807) is 6.92 Å². The van der Waals surface area contributed by atoms with E-state index in [9.17, 15) is 8.78 Å². The van der Waals surface area contributed by atoms with E-state index in [4.69, 9.17) is 0 Å². The molecule has 0 atom stereocenters. The van der Waals surface area contributed by atoms with Crippen molar-refractivity contribution in [3.63, 3.8) is 0 Å². The molecule has 2 rings (SSSR count). The first-order chi connectivity index (χ1) is 11.4. The Morgan fingerprint density at radius 3 is 1.62 bits per heavy atom. The van der Waals surface area contributed by atoms with Crippen molar-refractivity contribution in [2.24, 2.45) is 0 Å². The largest absolute Gasteiger partial charge is 0.305 e. The van der Waals surface area contributed by atoms with Gasteiger partial charge in [-0.25, -0.2) is 8.78 Å². The van der Waals surface area contributed by atoms with Crippen LogP contribution in [0.3, 0.4) is 0 Å². The summed E-state index contributed by atoms with van der Waals surface area (Å²) in [5, 5.41) is 0. The topological polar surface area (TPSA) is 3.24 Å². The number of hydrogen-bond donors (Lipinski definition) is 0. The number of nitrogens with zero attached hydrogens (tertiary/aromatic N) is 1. The first-order valence-corrected chi connectivity index (χ1v) is 8.50. The Morgan fingerprint density at radius 2 is 1.25 bits per heavy atom. The molecule has 0 saturated carbocycles. The quantitative estimate of drug-likeness (QED) is 0.614. The van der Waals surface area contributed by atoms with E-state index < -0.39 is 11.6 Å². The lowest BCUT2D eigenvalue weighted by molar-refractivity contribution is 0.401. The minimum atomic E-state index is -0.521. The highest BCUT2D eigenvalue weighted by atomic mass is 19.1. The second kappa shape index (κ2) is 14.8. The van der Waals surface area contributed by atoms with Gasteiger partial charge in [0.05, 0.1) is 0 Å². The summed E-state index contributed by atoms with van der Waals surface area (Å²) in [4.78, 5) is 2.18. The van der Waals surface area contributed by atoms with Crippen LogP contribution in [0.15, 0.2) is 42.5 Å². The molecule has 136 valence electrons. The highest BCUT2D eigenvalue weighted by Crippen LogP contribution is 2.08. The van der Waals surface area contributed by atoms with E-state index in [0.717, 1.165) is 12.6 Å². The molecule has 0 aliphatic heterocycles. The first-order valence-electron chi connectivity index (χ1n) is 8.50. The van der Waals surface area contributed by atoms with Gasteiger partial charge in [-0.05, 0) is 56.8 Å². The van der Waals surface area contributed by atoms with Crippen LogP contribution < -0.4 is 0 Å². The molecule has 0 radical (unpaired) electrons. The van der Waals surface area contributed by atoms with Gasteiger partial charge >= 0.3 is 0 Å². The van der Waals surface area contributed by atoms with Crippen molar-refractivity contribution in [2.45, 2.75) is 48.1 Å². The molecule has 0 aliphatic rings. The molecule has 0 aromatic heterocycles. The first kappa shape index (κ1) is 24.5. The van der Waals surface area contributed by atoms with Gasteiger partial charge in [-0.3, -0.25) is 0 Å². The third kappa shape index (κ3) is 11.8. The Bertz CT molecular complexity index is 501. The van der Waals surface area contributed by atoms with Crippen LogP contribution in [-0.2, 0) is 6.54 Å². The summed E-state index contributed by atoms with van der Waals surface area (Å²) in [6.45, 7) is 12.8. The number of halogens is 2. The van der Waals surface area contributed by atoms with Crippen LogP contribution >= 0.6 is 0 Å². The third-order valence-corrected chi connectivity index (χ3v) is 2.75. The van der Waals surface area contributed by atoms with Crippen molar-refractivity contribution in [2.75, 3.05) is 14.1 Å². The highest BCUT2D eigenvalue weighted by Gasteiger charge is 1.96. The zero-order valence-corrected chi connectivity index (χ0v) is 16.5. The van der Waals surface area contributed by atoms with E-state index in [2.05, 4.69) is 50.2 Å². The summed E-state index contributed by atoms with van der Waals surface area (Å²) < 4.78 is 24.4. The Hall–Kier alpha value is -1.74. The summed E-state index contributed by atoms with van der Waals surface area (Å²) >= 11 is 0. The molecule has 0 unspecified atom stereocenters. The molecule has 0 N–H and O–H groups in total. The molecule has 0 saturated heterocycles. The van der Waals surface area contributed by atoms with E-state index >= 15 is 0 Å². The fourth-order valence-corrected chi connectivity index (χ4v) is 1.82. The fourth-order valence-electron chi connectivity index (χ4n) is 1.82. The minimum absolute atomic E-state index is 0.521. The van der Waals surface area contributed by atoms with Crippen molar-refractivity contribution in [1.29, 1.82) is 0 Å². The zero-order chi connectivity index (χ0) is 19.1. The Balaban J connectivity index is 0. The van der Waals surface area contributed by atoms with Gasteiger partial charge in [-0.1, -0.05) is 52.0 Å². The van der Waals surface area contributed by atoms with Crippen LogP contribution in [-0.4, -0.2) is 19.0 Å². The van der Waals surface area contributed by atoms with Crippen LogP contribution in [0.25, 0.3) is 0 Å². The minimum Gasteiger partial charge on any atom is -0.305 e. The second-order valence-corrected chi connectivity index (χ2v) is 5.11. The predicted molar refractivity (Wildman–Crippen MR) is 102 cm³/mol. The summed E-state index contributed by atoms with van der Waals surface area (Å²) in [6.07, 6.45) is 0. The Labute approximate surface area is 147 Å². The number of aryl methyl sites for hydroxylation is 2. The lowest BCUT2D eigenvalue weighted by Crippen LogP contribution is -2.11. The molecular formula is C21H33F2N. The zero-order valence-electron chi connectivity index (χ0n) is 16.5. The number of hydrogen-bond acceptors (Lipinski definition) is 1. The van der Waals surface area contributed by atoms with Crippen LogP contribution in [0.1, 0.15) is 44.4 Å². The molecule has 0 spiro atoms. The number of benzene rings is 2. The van der Waals surface area contributed by atoms with Crippen LogP contribution in [0.4, 0.5) is 8.78 Å². The molecule has 24 heavy (non-hydrogen) atoms. The fraction of sp³-hybridized carbons (Fsp3) is 0.429. The maximum absolute atomic E-state index is 12.2. The molecule has 0 bridgehead atoms. The van der Waals surface area contributed by atoms with Crippen molar-refractivity contribution < 1.29 is 8.78 Å². The van der Waals surface area contributed by atoms with Gasteiger partial charge in [0.2, 0.25) is 0 Å². The average Bonchev–Trinajstić information content (AvgIpc) is 2.52. The monoisotopic (exact) mass is 337 g/mol. The van der Waals surface area contributed by atoms with Crippen molar-refractivity contribution >= 4 is 0 Å². The SMILES string of the molecule is CC.CC.Cc1cc(F)cc(F)c1.Cc1ccccc1CN(C)C. The average molecular weight is 337 g/mol. The summed E-state index contributed by atoms with van der Waals surface area (Å²) in [5.74, 6) is -1.04. The Kier molecular flexibility index (Phi) is 15.1. The molecule has 0 heterocycles. The molecule has 0 aliphatic carbocycles. The van der Waals surface area contributed by atoms with Gasteiger partial charge in [0.25, 0.3) is 0 Å². The van der Waals surface area contributed by atoms with Gasteiger partial charge in [0.1, 0.15) is 11.6 Å². The molecule has 0 fully saturated rings. The van der Waals surface area contributed by atoms with Crippen LogP contribution in [0.2, 0.25) is 0 Å². The van der Waals surface area contributed by atoms with Gasteiger partial charge in [-0.15, -0.1) is 0 Å². The summed E-state index contributed by atoms with van der Waals surface area (Å²) in [5.41, 5.74) is 3.39. The smallest absolute Gasteiger partial charge is 0.126 e. The number of rotatable bonds is 2. The van der Waals surface area contributed by atoms with Crippen molar-refractivity contribution in [3.8, 4) is 0 Å². The third-order valence-electron chi connectivity index (χ3n) is 2.75. The molecule has 3 heteroatoms. The summed E-state index contributed by atoms with van der Waals surface area (Å²) in [7, 11) is 4.18. The standard InChI is InChI=1S/C10H15N.C7H6F2.2C2H6/c1-9-6-4-5-7-10(9)8-11(2)3;1-5-2-6(8)4-7(9)3-5;2*1-2/h4-7H,8H2,1-3H3;2-4H,1H3;2*1-2H3. The molecule has 2 aromatic carbocycles.